The van der Waals surface area contributed by atoms with Crippen LogP contribution >= 0.6 is 11.6 Å². The molecule has 0 atom stereocenters. The van der Waals surface area contributed by atoms with Gasteiger partial charge in [0.25, 0.3) is 0 Å². The van der Waals surface area contributed by atoms with Crippen LogP contribution in [0.5, 0.6) is 0 Å². The summed E-state index contributed by atoms with van der Waals surface area (Å²) in [5, 5.41) is 9.13. The zero-order valence-electron chi connectivity index (χ0n) is 11.9. The van der Waals surface area contributed by atoms with Crippen LogP contribution in [-0.2, 0) is 0 Å². The van der Waals surface area contributed by atoms with Gasteiger partial charge in [-0.25, -0.2) is 9.79 Å². The predicted octanol–water partition coefficient (Wildman–Crippen LogP) is 2.99. The number of carboxylic acids is 1. The van der Waals surface area contributed by atoms with Gasteiger partial charge < -0.3 is 15.7 Å². The van der Waals surface area contributed by atoms with Crippen molar-refractivity contribution in [3.8, 4) is 0 Å². The van der Waals surface area contributed by atoms with Crippen LogP contribution in [0.3, 0.4) is 0 Å². The number of hydrogen-bond donors (Lipinski definition) is 2. The van der Waals surface area contributed by atoms with Gasteiger partial charge in [0.15, 0.2) is 0 Å². The first kappa shape index (κ1) is 15.6. The molecule has 114 valence electrons. The average Bonchev–Trinajstić information content (AvgIpc) is 2.76. The van der Waals surface area contributed by atoms with Crippen molar-refractivity contribution < 1.29 is 9.90 Å². The van der Waals surface area contributed by atoms with E-state index in [1.54, 1.807) is 12.1 Å². The van der Waals surface area contributed by atoms with Crippen molar-refractivity contribution >= 4 is 34.8 Å². The molecule has 2 rings (SSSR count). The van der Waals surface area contributed by atoms with Crippen LogP contribution < -0.4 is 10.6 Å². The number of aromatic carboxylic acids is 1. The van der Waals surface area contributed by atoms with Crippen molar-refractivity contribution in [3.63, 3.8) is 0 Å². The fourth-order valence-corrected chi connectivity index (χ4v) is 2.57. The molecular formula is C15H20ClN3O2. The Morgan fingerprint density at radius 2 is 1.95 bits per heavy atom. The summed E-state index contributed by atoms with van der Waals surface area (Å²) >= 11 is 5.68. The van der Waals surface area contributed by atoms with E-state index in [-0.39, 0.29) is 17.3 Å². The number of nitrogens with two attached hydrogens (primary N) is 1. The molecule has 1 aromatic rings. The molecule has 0 spiro atoms. The van der Waals surface area contributed by atoms with Gasteiger partial charge in [-0.05, 0) is 31.0 Å². The van der Waals surface area contributed by atoms with Gasteiger partial charge in [-0.15, -0.1) is 11.6 Å². The van der Waals surface area contributed by atoms with Crippen LogP contribution in [0, 0.1) is 0 Å². The second-order valence-electron chi connectivity index (χ2n) is 5.15. The quantitative estimate of drug-likeness (QED) is 0.509. The van der Waals surface area contributed by atoms with Gasteiger partial charge in [0.2, 0.25) is 0 Å². The Kier molecular flexibility index (Phi) is 5.44. The van der Waals surface area contributed by atoms with E-state index < -0.39 is 5.97 Å². The number of nitrogens with zero attached hydrogens (tertiary/aromatic N) is 2. The van der Waals surface area contributed by atoms with Crippen molar-refractivity contribution in [2.45, 2.75) is 25.7 Å². The third-order valence-corrected chi connectivity index (χ3v) is 3.84. The monoisotopic (exact) mass is 309 g/mol. The Morgan fingerprint density at radius 3 is 2.52 bits per heavy atom. The van der Waals surface area contributed by atoms with E-state index in [9.17, 15) is 4.79 Å². The van der Waals surface area contributed by atoms with Crippen LogP contribution in [0.4, 0.5) is 11.4 Å². The van der Waals surface area contributed by atoms with Crippen molar-refractivity contribution in [2.24, 2.45) is 10.7 Å². The predicted molar refractivity (Wildman–Crippen MR) is 86.1 cm³/mol. The van der Waals surface area contributed by atoms with E-state index in [0.29, 0.717) is 5.69 Å². The summed E-state index contributed by atoms with van der Waals surface area (Å²) in [6, 6.07) is 4.98. The highest BCUT2D eigenvalue weighted by Gasteiger charge is 2.15. The number of anilines is 1. The Labute approximate surface area is 129 Å². The molecule has 6 heteroatoms. The van der Waals surface area contributed by atoms with E-state index >= 15 is 0 Å². The Bertz CT molecular complexity index is 538. The number of carboxylic acid groups (broad SMARTS) is 1. The summed E-state index contributed by atoms with van der Waals surface area (Å²) in [5.41, 5.74) is 7.42. The van der Waals surface area contributed by atoms with Crippen molar-refractivity contribution in [2.75, 3.05) is 23.9 Å². The minimum atomic E-state index is -0.974. The first-order chi connectivity index (χ1) is 10.1. The van der Waals surface area contributed by atoms with Gasteiger partial charge in [-0.2, -0.15) is 0 Å². The maximum atomic E-state index is 11.1. The number of amidine groups is 1. The third kappa shape index (κ3) is 4.11. The highest BCUT2D eigenvalue weighted by atomic mass is 35.5. The molecule has 1 heterocycles. The van der Waals surface area contributed by atoms with Crippen molar-refractivity contribution in [3.05, 3.63) is 23.8 Å². The standard InChI is InChI=1S/C15H20ClN3O2/c16-10-14(17)18-12-9-11(15(20)21)5-6-13(12)19-7-3-1-2-4-8-19/h5-6,9H,1-4,7-8,10H2,(H2,17,18)(H,20,21). The molecule has 1 fully saturated rings. The molecule has 0 saturated carbocycles. The van der Waals surface area contributed by atoms with Crippen LogP contribution in [-0.4, -0.2) is 35.9 Å². The largest absolute Gasteiger partial charge is 0.478 e. The summed E-state index contributed by atoms with van der Waals surface area (Å²) < 4.78 is 0. The Morgan fingerprint density at radius 1 is 1.29 bits per heavy atom. The van der Waals surface area contributed by atoms with Crippen molar-refractivity contribution in [1.82, 2.24) is 0 Å². The van der Waals surface area contributed by atoms with Gasteiger partial charge in [0, 0.05) is 13.1 Å². The zero-order valence-corrected chi connectivity index (χ0v) is 12.6. The molecule has 0 radical (unpaired) electrons. The molecule has 0 bridgehead atoms. The lowest BCUT2D eigenvalue weighted by Crippen LogP contribution is -2.24. The smallest absolute Gasteiger partial charge is 0.335 e. The van der Waals surface area contributed by atoms with E-state index in [1.165, 1.54) is 12.8 Å². The highest BCUT2D eigenvalue weighted by Crippen LogP contribution is 2.31. The summed E-state index contributed by atoms with van der Waals surface area (Å²) in [6.45, 7) is 1.91. The van der Waals surface area contributed by atoms with Crippen LogP contribution in [0.15, 0.2) is 23.2 Å². The van der Waals surface area contributed by atoms with Gasteiger partial charge in [-0.3, -0.25) is 0 Å². The van der Waals surface area contributed by atoms with E-state index in [2.05, 4.69) is 9.89 Å². The molecule has 0 aliphatic carbocycles. The van der Waals surface area contributed by atoms with Crippen LogP contribution in [0.1, 0.15) is 36.0 Å². The third-order valence-electron chi connectivity index (χ3n) is 3.57. The molecule has 0 aromatic heterocycles. The van der Waals surface area contributed by atoms with Gasteiger partial charge in [0.1, 0.15) is 5.84 Å². The molecule has 1 saturated heterocycles. The second-order valence-corrected chi connectivity index (χ2v) is 5.41. The fourth-order valence-electron chi connectivity index (χ4n) is 2.51. The Balaban J connectivity index is 2.40. The van der Waals surface area contributed by atoms with Crippen molar-refractivity contribution in [1.29, 1.82) is 0 Å². The number of alkyl halides is 1. The zero-order chi connectivity index (χ0) is 15.2. The van der Waals surface area contributed by atoms with Gasteiger partial charge in [-0.1, -0.05) is 12.8 Å². The number of aliphatic imine (C=N–C) groups is 1. The number of benzene rings is 1. The number of hydrogen-bond acceptors (Lipinski definition) is 3. The molecule has 0 amide bonds. The molecule has 3 N–H and O–H groups in total. The summed E-state index contributed by atoms with van der Waals surface area (Å²) in [5.74, 6) is -0.565. The molecule has 21 heavy (non-hydrogen) atoms. The normalized spacial score (nSPS) is 16.6. The fraction of sp³-hybridized carbons (Fsp3) is 0.467. The topological polar surface area (TPSA) is 78.9 Å². The summed E-state index contributed by atoms with van der Waals surface area (Å²) in [6.07, 6.45) is 4.72. The van der Waals surface area contributed by atoms with Gasteiger partial charge >= 0.3 is 5.97 Å². The first-order valence-corrected chi connectivity index (χ1v) is 7.66. The number of rotatable bonds is 4. The average molecular weight is 310 g/mol. The maximum absolute atomic E-state index is 11.1. The lowest BCUT2D eigenvalue weighted by molar-refractivity contribution is 0.0697. The molecule has 5 nitrogen and oxygen atoms in total. The molecule has 1 aliphatic rings. The van der Waals surface area contributed by atoms with E-state index in [4.69, 9.17) is 22.4 Å². The highest BCUT2D eigenvalue weighted by molar-refractivity contribution is 6.28. The number of carbonyl (C=O) groups is 1. The molecule has 0 unspecified atom stereocenters. The summed E-state index contributed by atoms with van der Waals surface area (Å²) in [4.78, 5) is 17.7. The molecule has 1 aliphatic heterocycles. The maximum Gasteiger partial charge on any atom is 0.335 e. The molecular weight excluding hydrogens is 290 g/mol. The molecule has 1 aromatic carbocycles. The van der Waals surface area contributed by atoms with E-state index in [1.807, 2.05) is 6.07 Å². The summed E-state index contributed by atoms with van der Waals surface area (Å²) in [7, 11) is 0. The minimum absolute atomic E-state index is 0.122. The SMILES string of the molecule is NC(CCl)=Nc1cc(C(=O)O)ccc1N1CCCCCC1. The minimum Gasteiger partial charge on any atom is -0.478 e. The first-order valence-electron chi connectivity index (χ1n) is 7.13. The lowest BCUT2D eigenvalue weighted by atomic mass is 10.1. The number of halogens is 1. The van der Waals surface area contributed by atoms with E-state index in [0.717, 1.165) is 31.6 Å². The Hall–Kier alpha value is -1.75. The van der Waals surface area contributed by atoms with Crippen LogP contribution in [0.2, 0.25) is 0 Å². The van der Waals surface area contributed by atoms with Gasteiger partial charge in [0.05, 0.1) is 22.8 Å². The van der Waals surface area contributed by atoms with Crippen LogP contribution in [0.25, 0.3) is 0 Å². The lowest BCUT2D eigenvalue weighted by Gasteiger charge is -2.24. The second kappa shape index (κ2) is 7.31.